The summed E-state index contributed by atoms with van der Waals surface area (Å²) in [7, 11) is -0.816. The maximum atomic E-state index is 9.99. The molecular formula is C3H8O2S. The summed E-state index contributed by atoms with van der Waals surface area (Å²) in [6.45, 7) is 0.0309. The molecule has 0 saturated heterocycles. The van der Waals surface area contributed by atoms with Gasteiger partial charge in [-0.1, -0.05) is 0 Å². The Balaban J connectivity index is 2.83. The Morgan fingerprint density at radius 2 is 2.33 bits per heavy atom. The minimum Gasteiger partial charge on any atom is -0.395 e. The average molecular weight is 108 g/mol. The van der Waals surface area contributed by atoms with Crippen molar-refractivity contribution < 1.29 is 9.32 Å². The van der Waals surface area contributed by atoms with Gasteiger partial charge in [0.15, 0.2) is 0 Å². The maximum Gasteiger partial charge on any atom is 0.0546 e. The van der Waals surface area contributed by atoms with Crippen molar-refractivity contribution in [3.05, 3.63) is 0 Å². The molecule has 0 radical (unpaired) electrons. The monoisotopic (exact) mass is 108 g/mol. The van der Waals surface area contributed by atoms with Gasteiger partial charge in [-0.3, -0.25) is 4.21 Å². The molecule has 0 saturated carbocycles. The molecule has 0 aromatic carbocycles. The minimum atomic E-state index is -0.816. The van der Waals surface area contributed by atoms with Crippen molar-refractivity contribution in [3.63, 3.8) is 0 Å². The Bertz CT molecular complexity index is 52.8. The zero-order valence-electron chi connectivity index (χ0n) is 3.68. The Hall–Kier alpha value is 0.110. The summed E-state index contributed by atoms with van der Waals surface area (Å²) in [5.41, 5.74) is 0. The predicted molar refractivity (Wildman–Crippen MR) is 26.0 cm³/mol. The number of aliphatic hydroxyl groups is 1. The molecule has 0 rings (SSSR count). The van der Waals surface area contributed by atoms with Crippen LogP contribution in [0, 0.1) is 0 Å². The van der Waals surface area contributed by atoms with Gasteiger partial charge in [0.1, 0.15) is 0 Å². The SMILES string of the molecule is C[S@@](=O)CCO. The van der Waals surface area contributed by atoms with Crippen molar-refractivity contribution in [1.29, 1.82) is 0 Å². The largest absolute Gasteiger partial charge is 0.395 e. The number of rotatable bonds is 2. The Labute approximate surface area is 39.6 Å². The van der Waals surface area contributed by atoms with Crippen LogP contribution in [0.4, 0.5) is 0 Å². The zero-order valence-corrected chi connectivity index (χ0v) is 4.49. The minimum absolute atomic E-state index is 0.0309. The third-order valence-electron chi connectivity index (χ3n) is 0.379. The summed E-state index contributed by atoms with van der Waals surface area (Å²) in [5.74, 6) is 0.403. The van der Waals surface area contributed by atoms with Crippen LogP contribution in [0.2, 0.25) is 0 Å². The van der Waals surface area contributed by atoms with Crippen molar-refractivity contribution in [2.24, 2.45) is 0 Å². The Morgan fingerprint density at radius 1 is 1.83 bits per heavy atom. The first-order valence-corrected chi connectivity index (χ1v) is 3.41. The van der Waals surface area contributed by atoms with E-state index in [1.807, 2.05) is 0 Å². The third kappa shape index (κ3) is 4.11. The maximum absolute atomic E-state index is 9.99. The number of aliphatic hydroxyl groups excluding tert-OH is 1. The molecule has 0 aliphatic heterocycles. The summed E-state index contributed by atoms with van der Waals surface area (Å²) in [5, 5.41) is 8.04. The van der Waals surface area contributed by atoms with Gasteiger partial charge in [0.05, 0.1) is 6.61 Å². The normalized spacial score (nSPS) is 14.3. The van der Waals surface area contributed by atoms with E-state index in [0.29, 0.717) is 5.75 Å². The molecule has 1 N–H and O–H groups in total. The molecule has 0 aliphatic carbocycles. The van der Waals surface area contributed by atoms with Crippen LogP contribution in [0.1, 0.15) is 0 Å². The summed E-state index contributed by atoms with van der Waals surface area (Å²) in [4.78, 5) is 0. The summed E-state index contributed by atoms with van der Waals surface area (Å²) in [6.07, 6.45) is 1.57. The molecule has 3 heteroatoms. The van der Waals surface area contributed by atoms with E-state index in [4.69, 9.17) is 5.11 Å². The van der Waals surface area contributed by atoms with Crippen molar-refractivity contribution in [1.82, 2.24) is 0 Å². The van der Waals surface area contributed by atoms with Gasteiger partial charge in [0.2, 0.25) is 0 Å². The van der Waals surface area contributed by atoms with E-state index in [9.17, 15) is 4.21 Å². The first-order chi connectivity index (χ1) is 2.77. The summed E-state index contributed by atoms with van der Waals surface area (Å²) >= 11 is 0. The highest BCUT2D eigenvalue weighted by Crippen LogP contribution is 1.67. The fourth-order valence-electron chi connectivity index (χ4n) is 0.129. The molecule has 0 aromatic rings. The van der Waals surface area contributed by atoms with Gasteiger partial charge >= 0.3 is 0 Å². The fraction of sp³-hybridized carbons (Fsp3) is 1.00. The lowest BCUT2D eigenvalue weighted by molar-refractivity contribution is 0.321. The number of hydrogen-bond donors (Lipinski definition) is 1. The van der Waals surface area contributed by atoms with Gasteiger partial charge in [-0.05, 0) is 0 Å². The van der Waals surface area contributed by atoms with E-state index in [-0.39, 0.29) is 6.61 Å². The molecule has 0 spiro atoms. The lowest BCUT2D eigenvalue weighted by atomic mass is 10.9. The van der Waals surface area contributed by atoms with Gasteiger partial charge < -0.3 is 5.11 Å². The van der Waals surface area contributed by atoms with Crippen LogP contribution in [-0.2, 0) is 10.8 Å². The van der Waals surface area contributed by atoms with Crippen LogP contribution in [0.5, 0.6) is 0 Å². The highest BCUT2D eigenvalue weighted by atomic mass is 32.2. The molecule has 38 valence electrons. The van der Waals surface area contributed by atoms with E-state index in [1.54, 1.807) is 6.26 Å². The van der Waals surface area contributed by atoms with Crippen LogP contribution in [-0.4, -0.2) is 27.9 Å². The smallest absolute Gasteiger partial charge is 0.0546 e. The highest BCUT2D eigenvalue weighted by molar-refractivity contribution is 7.84. The van der Waals surface area contributed by atoms with Crippen LogP contribution < -0.4 is 0 Å². The molecule has 0 heterocycles. The highest BCUT2D eigenvalue weighted by Gasteiger charge is 1.82. The second kappa shape index (κ2) is 3.31. The average Bonchev–Trinajstić information content (AvgIpc) is 1.35. The van der Waals surface area contributed by atoms with E-state index in [0.717, 1.165) is 0 Å². The Morgan fingerprint density at radius 3 is 2.33 bits per heavy atom. The predicted octanol–water partition coefficient (Wildman–Crippen LogP) is -0.643. The Kier molecular flexibility index (Phi) is 3.37. The van der Waals surface area contributed by atoms with Gasteiger partial charge in [-0.25, -0.2) is 0 Å². The topological polar surface area (TPSA) is 37.3 Å². The van der Waals surface area contributed by atoms with Crippen molar-refractivity contribution in [2.45, 2.75) is 0 Å². The quantitative estimate of drug-likeness (QED) is 0.510. The lowest BCUT2D eigenvalue weighted by Crippen LogP contribution is -1.97. The van der Waals surface area contributed by atoms with Gasteiger partial charge in [0.25, 0.3) is 0 Å². The molecule has 1 atom stereocenters. The lowest BCUT2D eigenvalue weighted by Gasteiger charge is -1.82. The first kappa shape index (κ1) is 6.11. The fourth-order valence-corrected chi connectivity index (χ4v) is 0.386. The second-order valence-corrected chi connectivity index (χ2v) is 2.56. The second-order valence-electron chi connectivity index (χ2n) is 1.00. The molecular weight excluding hydrogens is 100 g/mol. The standard InChI is InChI=1S/C3H8O2S/c1-6(5)3-2-4/h4H,2-3H2,1H3/t6-/m1/s1. The summed E-state index contributed by atoms with van der Waals surface area (Å²) < 4.78 is 9.99. The van der Waals surface area contributed by atoms with E-state index in [2.05, 4.69) is 0 Å². The summed E-state index contributed by atoms with van der Waals surface area (Å²) in [6, 6.07) is 0. The molecule has 2 nitrogen and oxygen atoms in total. The van der Waals surface area contributed by atoms with Gasteiger partial charge in [-0.2, -0.15) is 0 Å². The molecule has 0 bridgehead atoms. The van der Waals surface area contributed by atoms with Crippen LogP contribution in [0.3, 0.4) is 0 Å². The molecule has 6 heavy (non-hydrogen) atoms. The molecule has 0 unspecified atom stereocenters. The van der Waals surface area contributed by atoms with Crippen molar-refractivity contribution >= 4 is 10.8 Å². The van der Waals surface area contributed by atoms with Gasteiger partial charge in [-0.15, -0.1) is 0 Å². The van der Waals surface area contributed by atoms with Crippen molar-refractivity contribution in [2.75, 3.05) is 18.6 Å². The van der Waals surface area contributed by atoms with E-state index in [1.165, 1.54) is 0 Å². The van der Waals surface area contributed by atoms with Crippen LogP contribution in [0.15, 0.2) is 0 Å². The molecule has 0 aliphatic rings. The van der Waals surface area contributed by atoms with Crippen molar-refractivity contribution in [3.8, 4) is 0 Å². The van der Waals surface area contributed by atoms with Crippen LogP contribution >= 0.6 is 0 Å². The third-order valence-corrected chi connectivity index (χ3v) is 1.14. The number of hydrogen-bond acceptors (Lipinski definition) is 2. The first-order valence-electron chi connectivity index (χ1n) is 1.68. The molecule has 0 amide bonds. The van der Waals surface area contributed by atoms with Crippen LogP contribution in [0.25, 0.3) is 0 Å². The molecule has 0 fully saturated rings. The van der Waals surface area contributed by atoms with E-state index >= 15 is 0 Å². The molecule has 0 aromatic heterocycles. The van der Waals surface area contributed by atoms with Gasteiger partial charge in [0, 0.05) is 22.8 Å². The van der Waals surface area contributed by atoms with E-state index < -0.39 is 10.8 Å². The zero-order chi connectivity index (χ0) is 4.99.